The van der Waals surface area contributed by atoms with Crippen molar-refractivity contribution in [3.05, 3.63) is 65.4 Å². The molecule has 2 aliphatic heterocycles. The minimum Gasteiger partial charge on any atom is -0.497 e. The molecule has 0 aliphatic carbocycles. The molecule has 0 fully saturated rings. The number of likely N-dealkylation sites (N-methyl/N-ethyl adjacent to an activating group) is 1. The highest BCUT2D eigenvalue weighted by molar-refractivity contribution is 6.15. The van der Waals surface area contributed by atoms with Crippen LogP contribution in [0.5, 0.6) is 5.75 Å². The van der Waals surface area contributed by atoms with E-state index in [0.717, 1.165) is 33.8 Å². The van der Waals surface area contributed by atoms with Crippen molar-refractivity contribution >= 4 is 23.3 Å². The fourth-order valence-electron chi connectivity index (χ4n) is 4.70. The lowest BCUT2D eigenvalue weighted by molar-refractivity contribution is -0.126. The molecular formula is C24H24N4O3. The number of hydrogen-bond donors (Lipinski definition) is 1. The van der Waals surface area contributed by atoms with E-state index < -0.39 is 5.41 Å². The van der Waals surface area contributed by atoms with Crippen LogP contribution >= 0.6 is 0 Å². The van der Waals surface area contributed by atoms with E-state index in [2.05, 4.69) is 36.4 Å². The molecule has 5 rings (SSSR count). The Balaban J connectivity index is 1.73. The van der Waals surface area contributed by atoms with E-state index in [4.69, 9.17) is 4.74 Å². The van der Waals surface area contributed by atoms with Crippen molar-refractivity contribution in [1.29, 1.82) is 0 Å². The predicted octanol–water partition coefficient (Wildman–Crippen LogP) is 3.61. The van der Waals surface area contributed by atoms with Gasteiger partial charge in [-0.15, -0.1) is 0 Å². The average Bonchev–Trinajstić information content (AvgIpc) is 3.28. The number of anilines is 2. The van der Waals surface area contributed by atoms with Crippen molar-refractivity contribution in [2.24, 2.45) is 0 Å². The molecule has 1 spiro atoms. The first kappa shape index (κ1) is 19.4. The summed E-state index contributed by atoms with van der Waals surface area (Å²) < 4.78 is 6.91. The van der Waals surface area contributed by atoms with Crippen molar-refractivity contribution in [3.8, 4) is 11.4 Å². The SMILES string of the molecule is COc1ccc(-n2ncc3c2NC(=O)C[C@@]32C(=O)N(C)c3ccc(C(C)C)cc32)cc1. The van der Waals surface area contributed by atoms with Crippen LogP contribution in [0.2, 0.25) is 0 Å². The number of rotatable bonds is 3. The Bertz CT molecular complexity index is 1210. The van der Waals surface area contributed by atoms with Gasteiger partial charge >= 0.3 is 0 Å². The number of nitrogens with zero attached hydrogens (tertiary/aromatic N) is 3. The Morgan fingerprint density at radius 2 is 1.84 bits per heavy atom. The summed E-state index contributed by atoms with van der Waals surface area (Å²) in [4.78, 5) is 28.2. The van der Waals surface area contributed by atoms with Gasteiger partial charge in [0, 0.05) is 24.7 Å². The molecule has 7 nitrogen and oxygen atoms in total. The maximum absolute atomic E-state index is 13.7. The third-order valence-corrected chi connectivity index (χ3v) is 6.41. The van der Waals surface area contributed by atoms with Crippen LogP contribution in [0.3, 0.4) is 0 Å². The van der Waals surface area contributed by atoms with Crippen LogP contribution in [-0.2, 0) is 15.0 Å². The zero-order valence-corrected chi connectivity index (χ0v) is 18.0. The number of nitrogens with one attached hydrogen (secondary N) is 1. The average molecular weight is 416 g/mol. The monoisotopic (exact) mass is 416 g/mol. The highest BCUT2D eigenvalue weighted by atomic mass is 16.5. The molecule has 0 saturated heterocycles. The molecule has 0 radical (unpaired) electrons. The van der Waals surface area contributed by atoms with E-state index in [-0.39, 0.29) is 18.2 Å². The van der Waals surface area contributed by atoms with Gasteiger partial charge in [0.25, 0.3) is 0 Å². The summed E-state index contributed by atoms with van der Waals surface area (Å²) in [7, 11) is 3.38. The number of methoxy groups -OCH3 is 1. The largest absolute Gasteiger partial charge is 0.497 e. The second kappa shape index (κ2) is 6.70. The molecule has 3 aromatic rings. The quantitative estimate of drug-likeness (QED) is 0.708. The first-order chi connectivity index (χ1) is 14.9. The summed E-state index contributed by atoms with van der Waals surface area (Å²) in [5.41, 5.74) is 3.27. The van der Waals surface area contributed by atoms with Gasteiger partial charge in [-0.05, 0) is 47.4 Å². The van der Waals surface area contributed by atoms with Crippen LogP contribution in [0.1, 0.15) is 42.9 Å². The van der Waals surface area contributed by atoms with E-state index in [1.54, 1.807) is 29.9 Å². The number of ether oxygens (including phenoxy) is 1. The molecule has 31 heavy (non-hydrogen) atoms. The molecule has 3 heterocycles. The van der Waals surface area contributed by atoms with E-state index in [0.29, 0.717) is 11.7 Å². The zero-order valence-electron chi connectivity index (χ0n) is 18.0. The summed E-state index contributed by atoms with van der Waals surface area (Å²) in [6, 6.07) is 13.5. The summed E-state index contributed by atoms with van der Waals surface area (Å²) in [5.74, 6) is 1.27. The number of fused-ring (bicyclic) bond motifs is 4. The molecule has 2 aliphatic rings. The first-order valence-electron chi connectivity index (χ1n) is 10.3. The third-order valence-electron chi connectivity index (χ3n) is 6.41. The Kier molecular flexibility index (Phi) is 4.18. The lowest BCUT2D eigenvalue weighted by Gasteiger charge is -2.32. The van der Waals surface area contributed by atoms with Crippen molar-refractivity contribution in [3.63, 3.8) is 0 Å². The highest BCUT2D eigenvalue weighted by Gasteiger charge is 2.56. The zero-order chi connectivity index (χ0) is 21.9. The van der Waals surface area contributed by atoms with Crippen molar-refractivity contribution in [2.45, 2.75) is 31.6 Å². The number of hydrogen-bond acceptors (Lipinski definition) is 4. The molecule has 2 amide bonds. The summed E-state index contributed by atoms with van der Waals surface area (Å²) >= 11 is 0. The predicted molar refractivity (Wildman–Crippen MR) is 118 cm³/mol. The number of carbonyl (C=O) groups excluding carboxylic acids is 2. The van der Waals surface area contributed by atoms with Crippen LogP contribution in [0, 0.1) is 0 Å². The molecule has 7 heteroatoms. The van der Waals surface area contributed by atoms with Crippen LogP contribution in [0.15, 0.2) is 48.7 Å². The van der Waals surface area contributed by atoms with Gasteiger partial charge in [0.2, 0.25) is 11.8 Å². The van der Waals surface area contributed by atoms with Gasteiger partial charge in [0.1, 0.15) is 17.0 Å². The Labute approximate surface area is 180 Å². The summed E-state index contributed by atoms with van der Waals surface area (Å²) in [6.45, 7) is 4.24. The molecule has 1 atom stereocenters. The first-order valence-corrected chi connectivity index (χ1v) is 10.3. The van der Waals surface area contributed by atoms with E-state index in [9.17, 15) is 9.59 Å². The van der Waals surface area contributed by atoms with Crippen LogP contribution in [0.25, 0.3) is 5.69 Å². The lowest BCUT2D eigenvalue weighted by Crippen LogP contribution is -2.45. The third kappa shape index (κ3) is 2.62. The Hall–Kier alpha value is -3.61. The van der Waals surface area contributed by atoms with Crippen molar-refractivity contribution in [2.75, 3.05) is 24.4 Å². The summed E-state index contributed by atoms with van der Waals surface area (Å²) in [5, 5.41) is 7.51. The smallest absolute Gasteiger partial charge is 0.242 e. The highest BCUT2D eigenvalue weighted by Crippen LogP contribution is 2.52. The fraction of sp³-hybridized carbons (Fsp3) is 0.292. The van der Waals surface area contributed by atoms with Crippen molar-refractivity contribution in [1.82, 2.24) is 9.78 Å². The molecule has 0 unspecified atom stereocenters. The van der Waals surface area contributed by atoms with Crippen LogP contribution in [0.4, 0.5) is 11.5 Å². The molecule has 1 N–H and O–H groups in total. The minimum atomic E-state index is -1.07. The summed E-state index contributed by atoms with van der Waals surface area (Å²) in [6.07, 6.45) is 1.77. The lowest BCUT2D eigenvalue weighted by atomic mass is 9.71. The fourth-order valence-corrected chi connectivity index (χ4v) is 4.70. The normalized spacial score (nSPS) is 19.6. The standard InChI is InChI=1S/C24H24N4O3/c1-14(2)15-5-10-20-18(11-15)24(23(30)27(20)3)12-21(29)26-22-19(24)13-25-28(22)16-6-8-17(31-4)9-7-16/h5-11,13-14H,12H2,1-4H3,(H,26,29)/t24-/m0/s1. The van der Waals surface area contributed by atoms with Gasteiger partial charge in [-0.1, -0.05) is 26.0 Å². The topological polar surface area (TPSA) is 76.5 Å². The molecule has 0 bridgehead atoms. The Morgan fingerprint density at radius 1 is 1.10 bits per heavy atom. The van der Waals surface area contributed by atoms with Gasteiger partial charge in [0.15, 0.2) is 0 Å². The van der Waals surface area contributed by atoms with Crippen LogP contribution in [-0.4, -0.2) is 35.8 Å². The molecule has 2 aromatic carbocycles. The number of aromatic nitrogens is 2. The van der Waals surface area contributed by atoms with Crippen molar-refractivity contribution < 1.29 is 14.3 Å². The van der Waals surface area contributed by atoms with E-state index in [1.165, 1.54) is 0 Å². The maximum Gasteiger partial charge on any atom is 0.242 e. The maximum atomic E-state index is 13.7. The second-order valence-electron chi connectivity index (χ2n) is 8.44. The van der Waals surface area contributed by atoms with E-state index >= 15 is 0 Å². The number of amides is 2. The molecular weight excluding hydrogens is 392 g/mol. The van der Waals surface area contributed by atoms with Gasteiger partial charge in [-0.25, -0.2) is 4.68 Å². The van der Waals surface area contributed by atoms with Gasteiger partial charge in [-0.2, -0.15) is 5.10 Å². The van der Waals surface area contributed by atoms with Gasteiger partial charge in [-0.3, -0.25) is 9.59 Å². The van der Waals surface area contributed by atoms with Gasteiger partial charge in [0.05, 0.1) is 19.0 Å². The minimum absolute atomic E-state index is 0.0615. The van der Waals surface area contributed by atoms with Gasteiger partial charge < -0.3 is 15.0 Å². The van der Waals surface area contributed by atoms with Crippen LogP contribution < -0.4 is 15.0 Å². The molecule has 0 saturated carbocycles. The Morgan fingerprint density at radius 3 is 2.52 bits per heavy atom. The molecule has 158 valence electrons. The van der Waals surface area contributed by atoms with E-state index in [1.807, 2.05) is 30.3 Å². The number of benzene rings is 2. The second-order valence-corrected chi connectivity index (χ2v) is 8.44. The molecule has 1 aromatic heterocycles. The number of carbonyl (C=O) groups is 2.